The summed E-state index contributed by atoms with van der Waals surface area (Å²) in [6.45, 7) is 0.226. The second-order valence-electron chi connectivity index (χ2n) is 3.83. The third-order valence-corrected chi connectivity index (χ3v) is 3.14. The zero-order chi connectivity index (χ0) is 13.4. The van der Waals surface area contributed by atoms with E-state index >= 15 is 0 Å². The number of aromatic nitrogens is 5. The predicted molar refractivity (Wildman–Crippen MR) is 70.6 cm³/mol. The lowest BCUT2D eigenvalue weighted by Gasteiger charge is -2.02. The number of pyridine rings is 1. The fraction of sp³-hybridized carbons (Fsp3) is 0.0909. The van der Waals surface area contributed by atoms with Crippen molar-refractivity contribution in [1.82, 2.24) is 24.1 Å². The molecule has 96 valence electrons. The Hall–Kier alpha value is -1.92. The van der Waals surface area contributed by atoms with Gasteiger partial charge in [0.1, 0.15) is 10.3 Å². The molecule has 0 amide bonds. The summed E-state index contributed by atoms with van der Waals surface area (Å²) in [5.74, 6) is 0. The summed E-state index contributed by atoms with van der Waals surface area (Å²) >= 11 is 11.7. The average Bonchev–Trinajstić information content (AvgIpc) is 2.70. The van der Waals surface area contributed by atoms with Crippen molar-refractivity contribution in [1.29, 1.82) is 0 Å². The molecular formula is C11H7Cl2N5O. The predicted octanol–water partition coefficient (Wildman–Crippen LogP) is 1.64. The van der Waals surface area contributed by atoms with Gasteiger partial charge in [0.15, 0.2) is 5.65 Å². The molecule has 0 saturated carbocycles. The fourth-order valence-corrected chi connectivity index (χ4v) is 2.11. The minimum absolute atomic E-state index is 0.226. The third-order valence-electron chi connectivity index (χ3n) is 2.60. The Morgan fingerprint density at radius 2 is 2.11 bits per heavy atom. The Labute approximate surface area is 117 Å². The molecule has 0 unspecified atom stereocenters. The zero-order valence-electron chi connectivity index (χ0n) is 9.49. The highest BCUT2D eigenvalue weighted by molar-refractivity contribution is 6.32. The van der Waals surface area contributed by atoms with Crippen molar-refractivity contribution in [3.05, 3.63) is 57.1 Å². The van der Waals surface area contributed by atoms with Crippen molar-refractivity contribution in [2.75, 3.05) is 0 Å². The largest absolute Gasteiger partial charge is 0.350 e. The van der Waals surface area contributed by atoms with Crippen LogP contribution in [0.2, 0.25) is 10.3 Å². The molecule has 0 atom stereocenters. The normalized spacial score (nSPS) is 11.1. The standard InChI is InChI=1S/C11H7Cl2N5O/c12-8-2-1-7(10(13)15-8)6-18-11(19)17-4-3-14-5-9(17)16-18/h1-5H,6H2. The monoisotopic (exact) mass is 295 g/mol. The summed E-state index contributed by atoms with van der Waals surface area (Å²) in [6, 6.07) is 3.33. The maximum atomic E-state index is 12.1. The molecule has 8 heteroatoms. The van der Waals surface area contributed by atoms with Gasteiger partial charge in [-0.3, -0.25) is 4.98 Å². The molecule has 3 aromatic rings. The second kappa shape index (κ2) is 4.64. The lowest BCUT2D eigenvalue weighted by molar-refractivity contribution is 0.657. The molecule has 0 N–H and O–H groups in total. The number of halogens is 2. The highest BCUT2D eigenvalue weighted by Crippen LogP contribution is 2.17. The first-order chi connectivity index (χ1) is 9.15. The van der Waals surface area contributed by atoms with Gasteiger partial charge in [0.05, 0.1) is 12.7 Å². The van der Waals surface area contributed by atoms with Gasteiger partial charge >= 0.3 is 5.69 Å². The topological polar surface area (TPSA) is 65.1 Å². The smallest absolute Gasteiger partial charge is 0.259 e. The van der Waals surface area contributed by atoms with E-state index in [1.165, 1.54) is 21.5 Å². The van der Waals surface area contributed by atoms with Gasteiger partial charge in [0, 0.05) is 18.0 Å². The first-order valence-electron chi connectivity index (χ1n) is 5.35. The van der Waals surface area contributed by atoms with E-state index in [1.54, 1.807) is 18.3 Å². The summed E-state index contributed by atoms with van der Waals surface area (Å²) in [7, 11) is 0. The molecule has 19 heavy (non-hydrogen) atoms. The van der Waals surface area contributed by atoms with E-state index in [0.29, 0.717) is 16.4 Å². The lowest BCUT2D eigenvalue weighted by atomic mass is 10.3. The molecule has 3 aromatic heterocycles. The molecule has 0 spiro atoms. The Kier molecular flexibility index (Phi) is 2.96. The van der Waals surface area contributed by atoms with Crippen molar-refractivity contribution >= 4 is 28.8 Å². The fourth-order valence-electron chi connectivity index (χ4n) is 1.70. The summed E-state index contributed by atoms with van der Waals surface area (Å²) in [5, 5.41) is 4.72. The highest BCUT2D eigenvalue weighted by Gasteiger charge is 2.09. The van der Waals surface area contributed by atoms with E-state index in [-0.39, 0.29) is 17.4 Å². The van der Waals surface area contributed by atoms with E-state index in [2.05, 4.69) is 15.1 Å². The van der Waals surface area contributed by atoms with Crippen LogP contribution in [0.3, 0.4) is 0 Å². The van der Waals surface area contributed by atoms with Crippen LogP contribution < -0.4 is 5.69 Å². The van der Waals surface area contributed by atoms with Gasteiger partial charge in [0.2, 0.25) is 0 Å². The van der Waals surface area contributed by atoms with Crippen LogP contribution in [-0.2, 0) is 6.54 Å². The average molecular weight is 296 g/mol. The van der Waals surface area contributed by atoms with Crippen molar-refractivity contribution in [3.8, 4) is 0 Å². The van der Waals surface area contributed by atoms with Crippen LogP contribution >= 0.6 is 23.2 Å². The van der Waals surface area contributed by atoms with Crippen molar-refractivity contribution < 1.29 is 0 Å². The molecule has 0 aliphatic heterocycles. The van der Waals surface area contributed by atoms with E-state index in [0.717, 1.165) is 0 Å². The number of nitrogens with zero attached hydrogens (tertiary/aromatic N) is 5. The van der Waals surface area contributed by atoms with Gasteiger partial charge in [0.25, 0.3) is 0 Å². The number of rotatable bonds is 2. The van der Waals surface area contributed by atoms with Crippen LogP contribution in [-0.4, -0.2) is 24.1 Å². The second-order valence-corrected chi connectivity index (χ2v) is 4.57. The Morgan fingerprint density at radius 1 is 1.26 bits per heavy atom. The lowest BCUT2D eigenvalue weighted by Crippen LogP contribution is -2.21. The molecule has 0 bridgehead atoms. The van der Waals surface area contributed by atoms with Gasteiger partial charge in [-0.2, -0.15) is 0 Å². The molecule has 3 rings (SSSR count). The van der Waals surface area contributed by atoms with Crippen LogP contribution in [0, 0.1) is 0 Å². The van der Waals surface area contributed by atoms with Crippen LogP contribution in [0.5, 0.6) is 0 Å². The number of fused-ring (bicyclic) bond motifs is 1. The summed E-state index contributed by atoms with van der Waals surface area (Å²) < 4.78 is 2.71. The van der Waals surface area contributed by atoms with Gasteiger partial charge in [-0.25, -0.2) is 18.9 Å². The molecule has 3 heterocycles. The molecule has 0 radical (unpaired) electrons. The van der Waals surface area contributed by atoms with Crippen LogP contribution in [0.15, 0.2) is 35.5 Å². The molecule has 0 aliphatic carbocycles. The van der Waals surface area contributed by atoms with Gasteiger partial charge < -0.3 is 0 Å². The van der Waals surface area contributed by atoms with E-state index in [4.69, 9.17) is 23.2 Å². The minimum Gasteiger partial charge on any atom is -0.259 e. The van der Waals surface area contributed by atoms with E-state index < -0.39 is 0 Å². The van der Waals surface area contributed by atoms with Crippen molar-refractivity contribution in [3.63, 3.8) is 0 Å². The minimum atomic E-state index is -0.261. The van der Waals surface area contributed by atoms with Crippen LogP contribution in [0.4, 0.5) is 0 Å². The van der Waals surface area contributed by atoms with E-state index in [9.17, 15) is 4.79 Å². The molecular weight excluding hydrogens is 289 g/mol. The molecule has 0 saturated heterocycles. The maximum Gasteiger partial charge on any atom is 0.350 e. The van der Waals surface area contributed by atoms with Gasteiger partial charge in [-0.1, -0.05) is 29.3 Å². The van der Waals surface area contributed by atoms with E-state index in [1.807, 2.05) is 0 Å². The molecule has 0 fully saturated rings. The van der Waals surface area contributed by atoms with Crippen LogP contribution in [0.1, 0.15) is 5.56 Å². The van der Waals surface area contributed by atoms with Crippen molar-refractivity contribution in [2.45, 2.75) is 6.54 Å². The third kappa shape index (κ3) is 2.20. The SMILES string of the molecule is O=c1n(Cc2ccc(Cl)nc2Cl)nc2cnccn12. The molecule has 6 nitrogen and oxygen atoms in total. The Bertz CT molecular complexity index is 810. The highest BCUT2D eigenvalue weighted by atomic mass is 35.5. The van der Waals surface area contributed by atoms with Gasteiger partial charge in [-0.05, 0) is 6.07 Å². The summed E-state index contributed by atoms with van der Waals surface area (Å²) in [4.78, 5) is 19.9. The van der Waals surface area contributed by atoms with Crippen LogP contribution in [0.25, 0.3) is 5.65 Å². The summed E-state index contributed by atoms with van der Waals surface area (Å²) in [6.07, 6.45) is 4.60. The Morgan fingerprint density at radius 3 is 2.84 bits per heavy atom. The van der Waals surface area contributed by atoms with Gasteiger partial charge in [-0.15, -0.1) is 5.10 Å². The number of hydrogen-bond acceptors (Lipinski definition) is 4. The summed E-state index contributed by atoms with van der Waals surface area (Å²) in [5.41, 5.74) is 0.887. The molecule has 0 aliphatic rings. The maximum absolute atomic E-state index is 12.1. The first kappa shape index (κ1) is 12.1. The zero-order valence-corrected chi connectivity index (χ0v) is 11.0. The number of hydrogen-bond donors (Lipinski definition) is 0. The van der Waals surface area contributed by atoms with Crippen molar-refractivity contribution in [2.24, 2.45) is 0 Å². The Balaban J connectivity index is 2.06. The quantitative estimate of drug-likeness (QED) is 0.674. The molecule has 0 aromatic carbocycles. The first-order valence-corrected chi connectivity index (χ1v) is 6.11.